The predicted molar refractivity (Wildman–Crippen MR) is 187 cm³/mol. The van der Waals surface area contributed by atoms with Crippen LogP contribution in [0.3, 0.4) is 0 Å². The lowest BCUT2D eigenvalue weighted by molar-refractivity contribution is 0.601. The summed E-state index contributed by atoms with van der Waals surface area (Å²) in [5.74, 6) is 0. The van der Waals surface area contributed by atoms with Crippen LogP contribution in [0.1, 0.15) is 49.9 Å². The first-order chi connectivity index (χ1) is 21.4. The second kappa shape index (κ2) is 8.80. The molecule has 9 rings (SSSR count). The van der Waals surface area contributed by atoms with Gasteiger partial charge >= 0.3 is 0 Å². The highest BCUT2D eigenvalue weighted by Gasteiger charge is 2.47. The third-order valence-electron chi connectivity index (χ3n) is 10.6. The van der Waals surface area contributed by atoms with Crippen molar-refractivity contribution in [2.75, 3.05) is 0 Å². The largest absolute Gasteiger partial charge is 0.0622 e. The molecule has 0 spiro atoms. The normalized spacial score (nSPS) is 15.2. The zero-order valence-corrected chi connectivity index (χ0v) is 25.7. The molecule has 0 saturated carbocycles. The van der Waals surface area contributed by atoms with Crippen LogP contribution >= 0.6 is 0 Å². The third-order valence-corrected chi connectivity index (χ3v) is 10.6. The number of rotatable bonds is 2. The molecule has 0 fully saturated rings. The van der Waals surface area contributed by atoms with E-state index in [4.69, 9.17) is 0 Å². The van der Waals surface area contributed by atoms with Crippen LogP contribution in [0.15, 0.2) is 133 Å². The number of fused-ring (bicyclic) bond motifs is 9. The van der Waals surface area contributed by atoms with Crippen LogP contribution in [0.4, 0.5) is 0 Å². The summed E-state index contributed by atoms with van der Waals surface area (Å²) >= 11 is 0. The highest BCUT2D eigenvalue weighted by molar-refractivity contribution is 6.23. The fourth-order valence-corrected chi connectivity index (χ4v) is 8.76. The maximum Gasteiger partial charge on any atom is 0.0162 e. The van der Waals surface area contributed by atoms with Crippen molar-refractivity contribution in [3.63, 3.8) is 0 Å². The maximum absolute atomic E-state index is 2.55. The van der Waals surface area contributed by atoms with Crippen molar-refractivity contribution in [2.45, 2.75) is 38.5 Å². The summed E-state index contributed by atoms with van der Waals surface area (Å²) in [6, 6.07) is 49.8. The van der Waals surface area contributed by atoms with E-state index in [1.165, 1.54) is 88.3 Å². The Labute approximate surface area is 259 Å². The fourth-order valence-electron chi connectivity index (χ4n) is 8.76. The summed E-state index contributed by atoms with van der Waals surface area (Å²) in [6.45, 7) is 9.73. The van der Waals surface area contributed by atoms with Gasteiger partial charge < -0.3 is 0 Å². The summed E-state index contributed by atoms with van der Waals surface area (Å²) in [4.78, 5) is 0. The van der Waals surface area contributed by atoms with Crippen molar-refractivity contribution in [3.05, 3.63) is 156 Å². The van der Waals surface area contributed by atoms with Gasteiger partial charge in [0.1, 0.15) is 0 Å². The Kier molecular flexibility index (Phi) is 5.11. The third kappa shape index (κ3) is 3.18. The molecule has 0 nitrogen and oxygen atoms in total. The summed E-state index contributed by atoms with van der Waals surface area (Å²) < 4.78 is 0. The minimum atomic E-state index is -0.124. The molecule has 0 radical (unpaired) electrons. The minimum Gasteiger partial charge on any atom is -0.0622 e. The van der Waals surface area contributed by atoms with E-state index in [2.05, 4.69) is 161 Å². The molecule has 0 unspecified atom stereocenters. The first-order valence-corrected chi connectivity index (χ1v) is 15.8. The monoisotopic (exact) mass is 562 g/mol. The Balaban J connectivity index is 1.52. The molecular formula is C44H34. The summed E-state index contributed by atoms with van der Waals surface area (Å²) in [5, 5.41) is 5.21. The van der Waals surface area contributed by atoms with Crippen LogP contribution in [0, 0.1) is 0 Å². The van der Waals surface area contributed by atoms with Crippen molar-refractivity contribution >= 4 is 21.5 Å². The lowest BCUT2D eigenvalue weighted by Gasteiger charge is -2.31. The Morgan fingerprint density at radius 1 is 0.341 bits per heavy atom. The topological polar surface area (TPSA) is 0 Å². The van der Waals surface area contributed by atoms with E-state index < -0.39 is 0 Å². The molecule has 0 atom stereocenters. The zero-order valence-electron chi connectivity index (χ0n) is 25.7. The molecule has 7 aromatic rings. The molecule has 0 bridgehead atoms. The molecular weight excluding hydrogens is 528 g/mol. The van der Waals surface area contributed by atoms with E-state index >= 15 is 0 Å². The average Bonchev–Trinajstić information content (AvgIpc) is 3.43. The van der Waals surface area contributed by atoms with Gasteiger partial charge in [0, 0.05) is 10.8 Å². The maximum atomic E-state index is 2.55. The smallest absolute Gasteiger partial charge is 0.0162 e. The van der Waals surface area contributed by atoms with Gasteiger partial charge in [-0.05, 0) is 94.4 Å². The Bertz CT molecular complexity index is 2260. The molecule has 0 heteroatoms. The quantitative estimate of drug-likeness (QED) is 0.184. The molecule has 2 aliphatic carbocycles. The molecule has 2 aliphatic rings. The molecule has 0 aromatic heterocycles. The van der Waals surface area contributed by atoms with E-state index in [0.29, 0.717) is 0 Å². The van der Waals surface area contributed by atoms with E-state index in [-0.39, 0.29) is 10.8 Å². The second-order valence-electron chi connectivity index (χ2n) is 13.6. The van der Waals surface area contributed by atoms with E-state index in [9.17, 15) is 0 Å². The highest BCUT2D eigenvalue weighted by atomic mass is 14.5. The van der Waals surface area contributed by atoms with Crippen LogP contribution in [0.2, 0.25) is 0 Å². The van der Waals surface area contributed by atoms with Crippen molar-refractivity contribution < 1.29 is 0 Å². The van der Waals surface area contributed by atoms with Gasteiger partial charge in [-0.15, -0.1) is 0 Å². The molecule has 0 aliphatic heterocycles. The van der Waals surface area contributed by atoms with Crippen molar-refractivity contribution in [1.29, 1.82) is 0 Å². The summed E-state index contributed by atoms with van der Waals surface area (Å²) in [5.41, 5.74) is 16.4. The SMILES string of the molecule is CC1(C)c2ccccc2-c2cc(-c3c4ccccc4c(-c4ccccc4)c4ccccc34)c3c(c21)C(C)(C)c1ccccc1-3. The van der Waals surface area contributed by atoms with Crippen molar-refractivity contribution in [3.8, 4) is 44.5 Å². The number of benzene rings is 7. The van der Waals surface area contributed by atoms with Gasteiger partial charge in [-0.1, -0.05) is 155 Å². The first-order valence-electron chi connectivity index (χ1n) is 15.8. The fraction of sp³-hybridized carbons (Fsp3) is 0.136. The van der Waals surface area contributed by atoms with E-state index in [0.717, 1.165) is 0 Å². The Morgan fingerprint density at radius 2 is 0.795 bits per heavy atom. The van der Waals surface area contributed by atoms with Gasteiger partial charge in [0.05, 0.1) is 0 Å². The van der Waals surface area contributed by atoms with Gasteiger partial charge in [0.25, 0.3) is 0 Å². The van der Waals surface area contributed by atoms with Crippen molar-refractivity contribution in [2.24, 2.45) is 0 Å². The van der Waals surface area contributed by atoms with Gasteiger partial charge in [-0.2, -0.15) is 0 Å². The summed E-state index contributed by atoms with van der Waals surface area (Å²) in [6.07, 6.45) is 0. The molecule has 0 N–H and O–H groups in total. The Morgan fingerprint density at radius 3 is 1.41 bits per heavy atom. The molecule has 7 aromatic carbocycles. The molecule has 0 saturated heterocycles. The molecule has 0 heterocycles. The van der Waals surface area contributed by atoms with Crippen LogP contribution in [0.5, 0.6) is 0 Å². The number of hydrogen-bond acceptors (Lipinski definition) is 0. The van der Waals surface area contributed by atoms with Crippen LogP contribution < -0.4 is 0 Å². The lowest BCUT2D eigenvalue weighted by atomic mass is 9.71. The second-order valence-corrected chi connectivity index (χ2v) is 13.6. The van der Waals surface area contributed by atoms with Gasteiger partial charge in [0.2, 0.25) is 0 Å². The van der Waals surface area contributed by atoms with Crippen LogP contribution in [0.25, 0.3) is 66.1 Å². The van der Waals surface area contributed by atoms with E-state index in [1.54, 1.807) is 0 Å². The summed E-state index contributed by atoms with van der Waals surface area (Å²) in [7, 11) is 0. The predicted octanol–water partition coefficient (Wildman–Crippen LogP) is 11.9. The van der Waals surface area contributed by atoms with Gasteiger partial charge in [0.15, 0.2) is 0 Å². The zero-order chi connectivity index (χ0) is 29.8. The average molecular weight is 563 g/mol. The first kappa shape index (κ1) is 25.5. The molecule has 44 heavy (non-hydrogen) atoms. The lowest BCUT2D eigenvalue weighted by Crippen LogP contribution is -2.24. The van der Waals surface area contributed by atoms with E-state index in [1.807, 2.05) is 0 Å². The van der Waals surface area contributed by atoms with Crippen LogP contribution in [-0.4, -0.2) is 0 Å². The molecule has 0 amide bonds. The highest BCUT2D eigenvalue weighted by Crippen LogP contribution is 2.62. The standard InChI is InChI=1S/C44H34/c1-43(2)36-24-14-12-18-28(36)34-26-35(40-33-23-13-15-25-37(33)44(3,4)42(40)41(34)43)39-31-21-10-8-19-29(31)38(27-16-6-5-7-17-27)30-20-9-11-22-32(30)39/h5-26H,1-4H3. The van der Waals surface area contributed by atoms with Crippen LogP contribution in [-0.2, 0) is 10.8 Å². The van der Waals surface area contributed by atoms with Gasteiger partial charge in [-0.25, -0.2) is 0 Å². The Hall–Kier alpha value is -4.94. The van der Waals surface area contributed by atoms with Crippen molar-refractivity contribution in [1.82, 2.24) is 0 Å². The molecule has 210 valence electrons. The minimum absolute atomic E-state index is 0.0881. The van der Waals surface area contributed by atoms with Gasteiger partial charge in [-0.3, -0.25) is 0 Å². The number of hydrogen-bond donors (Lipinski definition) is 0.